The molecule has 0 aliphatic heterocycles. The highest BCUT2D eigenvalue weighted by atomic mass is 16.3. The molecule has 1 N–H and O–H groups in total. The Bertz CT molecular complexity index is 716. The topological polar surface area (TPSA) is 20.2 Å². The Kier molecular flexibility index (Phi) is 6.59. The largest absolute Gasteiger partial charge is 0.393 e. The molecule has 0 bridgehead atoms. The van der Waals surface area contributed by atoms with Gasteiger partial charge < -0.3 is 5.11 Å². The van der Waals surface area contributed by atoms with Gasteiger partial charge in [-0.1, -0.05) is 64.8 Å². The van der Waals surface area contributed by atoms with Crippen molar-refractivity contribution in [1.29, 1.82) is 0 Å². The zero-order valence-electron chi connectivity index (χ0n) is 21.6. The SMILES string of the molecule is C/C=C(/CC[C@@H](C)C1CCC2C3=CC[C@H]4[C@H](C)[C@@H](O)CC[C@]4(C)C3CC[C@@]21C)C(C)C. The van der Waals surface area contributed by atoms with E-state index in [0.717, 1.165) is 30.1 Å². The lowest BCUT2D eigenvalue weighted by Gasteiger charge is -2.59. The first-order valence-electron chi connectivity index (χ1n) is 13.7. The maximum atomic E-state index is 10.5. The molecular formula is C30H50O. The van der Waals surface area contributed by atoms with Gasteiger partial charge in [0.1, 0.15) is 0 Å². The van der Waals surface area contributed by atoms with Crippen LogP contribution < -0.4 is 0 Å². The Morgan fingerprint density at radius 3 is 2.42 bits per heavy atom. The van der Waals surface area contributed by atoms with E-state index < -0.39 is 0 Å². The summed E-state index contributed by atoms with van der Waals surface area (Å²) >= 11 is 0. The van der Waals surface area contributed by atoms with Gasteiger partial charge in [-0.25, -0.2) is 0 Å². The summed E-state index contributed by atoms with van der Waals surface area (Å²) in [4.78, 5) is 0. The predicted molar refractivity (Wildman–Crippen MR) is 133 cm³/mol. The van der Waals surface area contributed by atoms with Crippen LogP contribution in [0.3, 0.4) is 0 Å². The number of hydrogen-bond acceptors (Lipinski definition) is 1. The highest BCUT2D eigenvalue weighted by Crippen LogP contribution is 2.67. The Labute approximate surface area is 193 Å². The summed E-state index contributed by atoms with van der Waals surface area (Å²) in [6.07, 6.45) is 16.8. The van der Waals surface area contributed by atoms with Gasteiger partial charge in [0, 0.05) is 0 Å². The predicted octanol–water partition coefficient (Wildman–Crippen LogP) is 8.19. The third kappa shape index (κ3) is 3.79. The molecule has 176 valence electrons. The van der Waals surface area contributed by atoms with Crippen molar-refractivity contribution in [2.45, 2.75) is 112 Å². The van der Waals surface area contributed by atoms with E-state index in [1.165, 1.54) is 51.4 Å². The maximum Gasteiger partial charge on any atom is 0.0568 e. The van der Waals surface area contributed by atoms with Gasteiger partial charge in [0.25, 0.3) is 0 Å². The molecule has 0 radical (unpaired) electrons. The number of aliphatic hydroxyl groups is 1. The fraction of sp³-hybridized carbons (Fsp3) is 0.867. The van der Waals surface area contributed by atoms with Crippen molar-refractivity contribution in [2.75, 3.05) is 0 Å². The first-order valence-corrected chi connectivity index (χ1v) is 13.7. The van der Waals surface area contributed by atoms with Crippen molar-refractivity contribution >= 4 is 0 Å². The van der Waals surface area contributed by atoms with Gasteiger partial charge in [0.15, 0.2) is 0 Å². The lowest BCUT2D eigenvalue weighted by Crippen LogP contribution is -2.52. The fourth-order valence-electron chi connectivity index (χ4n) is 9.28. The van der Waals surface area contributed by atoms with E-state index in [4.69, 9.17) is 0 Å². The minimum atomic E-state index is -0.0773. The first kappa shape index (κ1) is 23.6. The number of fused-ring (bicyclic) bond motifs is 5. The van der Waals surface area contributed by atoms with Crippen LogP contribution in [-0.2, 0) is 0 Å². The van der Waals surface area contributed by atoms with Crippen LogP contribution in [0.5, 0.6) is 0 Å². The molecule has 0 saturated heterocycles. The van der Waals surface area contributed by atoms with Crippen molar-refractivity contribution < 1.29 is 5.11 Å². The number of allylic oxidation sites excluding steroid dienone is 4. The van der Waals surface area contributed by atoms with E-state index in [0.29, 0.717) is 28.6 Å². The highest BCUT2D eigenvalue weighted by molar-refractivity contribution is 5.28. The summed E-state index contributed by atoms with van der Waals surface area (Å²) in [5.41, 5.74) is 4.45. The molecule has 0 spiro atoms. The molecule has 9 atom stereocenters. The third-order valence-electron chi connectivity index (χ3n) is 11.3. The molecule has 1 nitrogen and oxygen atoms in total. The molecule has 31 heavy (non-hydrogen) atoms. The zero-order valence-corrected chi connectivity index (χ0v) is 21.6. The summed E-state index contributed by atoms with van der Waals surface area (Å²) in [6.45, 7) is 17.1. The third-order valence-corrected chi connectivity index (χ3v) is 11.3. The van der Waals surface area contributed by atoms with Crippen LogP contribution in [0.1, 0.15) is 106 Å². The van der Waals surface area contributed by atoms with Crippen LogP contribution in [-0.4, -0.2) is 11.2 Å². The normalized spacial score (nSPS) is 46.2. The van der Waals surface area contributed by atoms with Gasteiger partial charge in [-0.2, -0.15) is 0 Å². The zero-order chi connectivity index (χ0) is 22.6. The minimum Gasteiger partial charge on any atom is -0.393 e. The quantitative estimate of drug-likeness (QED) is 0.439. The number of hydrogen-bond donors (Lipinski definition) is 1. The van der Waals surface area contributed by atoms with E-state index >= 15 is 0 Å². The highest BCUT2D eigenvalue weighted by Gasteiger charge is 2.59. The minimum absolute atomic E-state index is 0.0773. The van der Waals surface area contributed by atoms with Crippen molar-refractivity contribution in [2.24, 2.45) is 52.3 Å². The monoisotopic (exact) mass is 426 g/mol. The van der Waals surface area contributed by atoms with Crippen molar-refractivity contribution in [3.63, 3.8) is 0 Å². The number of rotatable bonds is 5. The van der Waals surface area contributed by atoms with Crippen molar-refractivity contribution in [3.05, 3.63) is 23.3 Å². The lowest BCUT2D eigenvalue weighted by atomic mass is 9.46. The molecule has 4 aliphatic carbocycles. The van der Waals surface area contributed by atoms with Crippen LogP contribution in [0.15, 0.2) is 23.3 Å². The Balaban J connectivity index is 1.51. The van der Waals surface area contributed by atoms with Crippen LogP contribution in [0.4, 0.5) is 0 Å². The summed E-state index contributed by atoms with van der Waals surface area (Å²) in [5, 5.41) is 10.5. The average Bonchev–Trinajstić information content (AvgIpc) is 3.08. The maximum absolute atomic E-state index is 10.5. The molecular weight excluding hydrogens is 376 g/mol. The Morgan fingerprint density at radius 1 is 1.06 bits per heavy atom. The Morgan fingerprint density at radius 2 is 1.74 bits per heavy atom. The van der Waals surface area contributed by atoms with Crippen LogP contribution in [0, 0.1) is 52.3 Å². The molecule has 1 heteroatoms. The van der Waals surface area contributed by atoms with Gasteiger partial charge in [-0.05, 0) is 117 Å². The fourth-order valence-corrected chi connectivity index (χ4v) is 9.28. The van der Waals surface area contributed by atoms with E-state index in [-0.39, 0.29) is 6.10 Å². The average molecular weight is 427 g/mol. The molecule has 4 rings (SSSR count). The molecule has 3 fully saturated rings. The van der Waals surface area contributed by atoms with E-state index in [9.17, 15) is 5.11 Å². The Hall–Kier alpha value is -0.560. The van der Waals surface area contributed by atoms with E-state index in [2.05, 4.69) is 60.6 Å². The molecule has 0 aromatic carbocycles. The summed E-state index contributed by atoms with van der Waals surface area (Å²) in [5.74, 6) is 5.16. The van der Waals surface area contributed by atoms with Crippen molar-refractivity contribution in [3.8, 4) is 0 Å². The lowest BCUT2D eigenvalue weighted by molar-refractivity contribution is -0.0773. The smallest absolute Gasteiger partial charge is 0.0568 e. The summed E-state index contributed by atoms with van der Waals surface area (Å²) in [6, 6.07) is 0. The van der Waals surface area contributed by atoms with Crippen molar-refractivity contribution in [1.82, 2.24) is 0 Å². The van der Waals surface area contributed by atoms with Gasteiger partial charge in [-0.15, -0.1) is 0 Å². The van der Waals surface area contributed by atoms with Crippen LogP contribution in [0.2, 0.25) is 0 Å². The summed E-state index contributed by atoms with van der Waals surface area (Å²) in [7, 11) is 0. The van der Waals surface area contributed by atoms with Gasteiger partial charge in [0.05, 0.1) is 6.10 Å². The van der Waals surface area contributed by atoms with Crippen LogP contribution in [0.25, 0.3) is 0 Å². The second-order valence-corrected chi connectivity index (χ2v) is 12.9. The molecule has 3 saturated carbocycles. The first-order chi connectivity index (χ1) is 14.6. The van der Waals surface area contributed by atoms with E-state index in [1.807, 2.05) is 5.57 Å². The summed E-state index contributed by atoms with van der Waals surface area (Å²) < 4.78 is 0. The molecule has 4 aliphatic rings. The van der Waals surface area contributed by atoms with Gasteiger partial charge >= 0.3 is 0 Å². The van der Waals surface area contributed by atoms with E-state index in [1.54, 1.807) is 5.57 Å². The molecule has 3 unspecified atom stereocenters. The number of aliphatic hydroxyl groups excluding tert-OH is 1. The molecule has 0 heterocycles. The molecule has 0 aromatic heterocycles. The standard InChI is InChI=1S/C30H50O/c1-8-22(19(2)3)10-9-20(4)24-13-14-26-23-11-12-25-21(5)28(31)16-18-30(25,7)27(23)15-17-29(24,26)6/h8,11,19-21,24-28,31H,9-10,12-18H2,1-7H3/b22-8-/t20-,21+,24?,25+,26?,27?,28+,29-,30+/m1/s1. The van der Waals surface area contributed by atoms with Crippen LogP contribution >= 0.6 is 0 Å². The second-order valence-electron chi connectivity index (χ2n) is 12.9. The molecule has 0 amide bonds. The second kappa shape index (κ2) is 8.66. The van der Waals surface area contributed by atoms with Gasteiger partial charge in [-0.3, -0.25) is 0 Å². The molecule has 0 aromatic rings. The van der Waals surface area contributed by atoms with Gasteiger partial charge in [0.2, 0.25) is 0 Å².